The molecule has 0 bridgehead atoms. The second kappa shape index (κ2) is 6.01. The van der Waals surface area contributed by atoms with Crippen LogP contribution in [0, 0.1) is 0 Å². The van der Waals surface area contributed by atoms with Crippen molar-refractivity contribution in [1.29, 1.82) is 0 Å². The maximum Gasteiger partial charge on any atom is 0.134 e. The topological polar surface area (TPSA) is 21.6 Å². The van der Waals surface area contributed by atoms with E-state index >= 15 is 0 Å². The van der Waals surface area contributed by atoms with Crippen molar-refractivity contribution in [2.75, 3.05) is 0 Å². The molecule has 0 radical (unpaired) electrons. The maximum atomic E-state index is 5.54. The van der Waals surface area contributed by atoms with E-state index in [-0.39, 0.29) is 0 Å². The van der Waals surface area contributed by atoms with E-state index in [1.54, 1.807) is 6.26 Å². The Bertz CT molecular complexity index is 604. The summed E-state index contributed by atoms with van der Waals surface area (Å²) in [6.07, 6.45) is 11.2. The van der Waals surface area contributed by atoms with Gasteiger partial charge in [-0.1, -0.05) is 24.8 Å². The van der Waals surface area contributed by atoms with Crippen molar-refractivity contribution in [3.63, 3.8) is 0 Å². The fourth-order valence-corrected chi connectivity index (χ4v) is 1.62. The molecule has 0 N–H and O–H groups in total. The highest BCUT2D eigenvalue weighted by atomic mass is 16.5. The minimum atomic E-state index is 0.798. The molecule has 1 aromatic rings. The first kappa shape index (κ1) is 13.1. The van der Waals surface area contributed by atoms with Crippen molar-refractivity contribution in [2.24, 2.45) is 4.99 Å². The molecule has 0 saturated carbocycles. The van der Waals surface area contributed by atoms with Gasteiger partial charge in [-0.3, -0.25) is 4.99 Å². The van der Waals surface area contributed by atoms with Crippen LogP contribution in [0.25, 0.3) is 5.57 Å². The summed E-state index contributed by atoms with van der Waals surface area (Å²) in [6.45, 7) is 8.06. The average molecular weight is 251 g/mol. The van der Waals surface area contributed by atoms with Crippen LogP contribution in [0.2, 0.25) is 0 Å². The monoisotopic (exact) mass is 251 g/mol. The van der Waals surface area contributed by atoms with Crippen LogP contribution in [0.3, 0.4) is 0 Å². The molecule has 0 fully saturated rings. The fourth-order valence-electron chi connectivity index (χ4n) is 1.62. The lowest BCUT2D eigenvalue weighted by Crippen LogP contribution is -1.91. The number of ether oxygens (including phenoxy) is 1. The minimum Gasteiger partial charge on any atom is -0.464 e. The molecule has 1 aromatic carbocycles. The quantitative estimate of drug-likeness (QED) is 0.690. The maximum absolute atomic E-state index is 5.54. The fraction of sp³-hybridized carbons (Fsp3) is 0.118. The SMILES string of the molecule is C=C1/C=C\C=C/Oc2ccc(N=C/C(C)=C\C)cc21. The molecule has 0 aromatic heterocycles. The van der Waals surface area contributed by atoms with Crippen molar-refractivity contribution in [3.05, 3.63) is 66.5 Å². The van der Waals surface area contributed by atoms with E-state index < -0.39 is 0 Å². The number of hydrogen-bond donors (Lipinski definition) is 0. The molecule has 19 heavy (non-hydrogen) atoms. The van der Waals surface area contributed by atoms with Gasteiger partial charge in [-0.25, -0.2) is 0 Å². The van der Waals surface area contributed by atoms with Crippen LogP contribution in [0.15, 0.2) is 65.9 Å². The summed E-state index contributed by atoms with van der Waals surface area (Å²) in [4.78, 5) is 4.44. The van der Waals surface area contributed by atoms with Gasteiger partial charge in [-0.05, 0) is 49.3 Å². The summed E-state index contributed by atoms with van der Waals surface area (Å²) < 4.78 is 5.54. The summed E-state index contributed by atoms with van der Waals surface area (Å²) in [5.41, 5.74) is 3.90. The second-order valence-corrected chi connectivity index (χ2v) is 4.30. The van der Waals surface area contributed by atoms with Crippen LogP contribution < -0.4 is 4.74 Å². The highest BCUT2D eigenvalue weighted by Gasteiger charge is 2.07. The molecule has 0 atom stereocenters. The third-order valence-corrected chi connectivity index (χ3v) is 2.86. The molecule has 0 unspecified atom stereocenters. The number of rotatable bonds is 2. The second-order valence-electron chi connectivity index (χ2n) is 4.30. The average Bonchev–Trinajstić information content (AvgIpc) is 2.42. The number of hydrogen-bond acceptors (Lipinski definition) is 2. The summed E-state index contributed by atoms with van der Waals surface area (Å²) in [5.74, 6) is 0.798. The van der Waals surface area contributed by atoms with Gasteiger partial charge >= 0.3 is 0 Å². The lowest BCUT2D eigenvalue weighted by Gasteiger charge is -2.11. The van der Waals surface area contributed by atoms with Crippen molar-refractivity contribution < 1.29 is 4.74 Å². The zero-order valence-corrected chi connectivity index (χ0v) is 11.3. The molecule has 0 saturated heterocycles. The Morgan fingerprint density at radius 2 is 2.16 bits per heavy atom. The normalized spacial score (nSPS) is 18.4. The Morgan fingerprint density at radius 1 is 1.32 bits per heavy atom. The van der Waals surface area contributed by atoms with Gasteiger partial charge in [0.1, 0.15) is 5.75 Å². The van der Waals surface area contributed by atoms with Gasteiger partial charge in [0.2, 0.25) is 0 Å². The predicted octanol–water partition coefficient (Wildman–Crippen LogP) is 4.83. The van der Waals surface area contributed by atoms with E-state index in [4.69, 9.17) is 4.74 Å². The van der Waals surface area contributed by atoms with Gasteiger partial charge in [-0.15, -0.1) is 0 Å². The van der Waals surface area contributed by atoms with E-state index in [9.17, 15) is 0 Å². The number of allylic oxidation sites excluding steroid dienone is 6. The van der Waals surface area contributed by atoms with Crippen LogP contribution in [0.4, 0.5) is 5.69 Å². The standard InChI is InChI=1S/C17H17NO/c1-4-13(2)12-18-15-8-9-17-16(11-15)14(3)7-5-6-10-19-17/h4-12H,3H2,1-2H3/b7-5-,10-6-,13-4-,18-12?. The number of nitrogens with zero attached hydrogens (tertiary/aromatic N) is 1. The highest BCUT2D eigenvalue weighted by Crippen LogP contribution is 2.31. The van der Waals surface area contributed by atoms with Gasteiger partial charge < -0.3 is 4.74 Å². The van der Waals surface area contributed by atoms with Crippen LogP contribution in [-0.4, -0.2) is 6.21 Å². The summed E-state index contributed by atoms with van der Waals surface area (Å²) >= 11 is 0. The molecule has 96 valence electrons. The van der Waals surface area contributed by atoms with Crippen LogP contribution in [0.5, 0.6) is 5.75 Å². The van der Waals surface area contributed by atoms with E-state index in [1.165, 1.54) is 0 Å². The van der Waals surface area contributed by atoms with Gasteiger partial charge in [0.15, 0.2) is 0 Å². The number of benzene rings is 1. The van der Waals surface area contributed by atoms with Gasteiger partial charge in [0.25, 0.3) is 0 Å². The Labute approximate surface area is 114 Å². The summed E-state index contributed by atoms with van der Waals surface area (Å²) in [7, 11) is 0. The summed E-state index contributed by atoms with van der Waals surface area (Å²) in [5, 5.41) is 0. The predicted molar refractivity (Wildman–Crippen MR) is 82.0 cm³/mol. The smallest absolute Gasteiger partial charge is 0.134 e. The van der Waals surface area contributed by atoms with E-state index in [0.29, 0.717) is 0 Å². The van der Waals surface area contributed by atoms with Crippen molar-refractivity contribution in [2.45, 2.75) is 13.8 Å². The van der Waals surface area contributed by atoms with Gasteiger partial charge in [0.05, 0.1) is 11.9 Å². The molecule has 2 rings (SSSR count). The van der Waals surface area contributed by atoms with Crippen LogP contribution >= 0.6 is 0 Å². The lowest BCUT2D eigenvalue weighted by molar-refractivity contribution is 0.479. The minimum absolute atomic E-state index is 0.798. The molecule has 1 aliphatic heterocycles. The molecule has 0 amide bonds. The van der Waals surface area contributed by atoms with Crippen LogP contribution in [-0.2, 0) is 0 Å². The molecule has 2 heteroatoms. The Balaban J connectivity index is 2.37. The Morgan fingerprint density at radius 3 is 2.95 bits per heavy atom. The third kappa shape index (κ3) is 3.32. The van der Waals surface area contributed by atoms with Crippen molar-refractivity contribution in [3.8, 4) is 5.75 Å². The molecule has 2 nitrogen and oxygen atoms in total. The van der Waals surface area contributed by atoms with Gasteiger partial charge in [0, 0.05) is 11.8 Å². The van der Waals surface area contributed by atoms with Crippen molar-refractivity contribution in [1.82, 2.24) is 0 Å². The van der Waals surface area contributed by atoms with E-state index in [0.717, 1.165) is 28.1 Å². The Hall–Kier alpha value is -2.35. The zero-order valence-electron chi connectivity index (χ0n) is 11.3. The molecular formula is C17H17NO. The van der Waals surface area contributed by atoms with E-state index in [1.807, 2.05) is 62.6 Å². The van der Waals surface area contributed by atoms with Crippen LogP contribution in [0.1, 0.15) is 19.4 Å². The zero-order chi connectivity index (χ0) is 13.7. The van der Waals surface area contributed by atoms with Gasteiger partial charge in [-0.2, -0.15) is 0 Å². The molecular weight excluding hydrogens is 234 g/mol. The third-order valence-electron chi connectivity index (χ3n) is 2.86. The summed E-state index contributed by atoms with van der Waals surface area (Å²) in [6, 6.07) is 5.84. The number of fused-ring (bicyclic) bond motifs is 1. The first-order valence-electron chi connectivity index (χ1n) is 6.21. The molecule has 1 aliphatic rings. The highest BCUT2D eigenvalue weighted by molar-refractivity contribution is 5.82. The van der Waals surface area contributed by atoms with E-state index in [2.05, 4.69) is 11.6 Å². The first-order chi connectivity index (χ1) is 9.20. The first-order valence-corrected chi connectivity index (χ1v) is 6.21. The number of aliphatic imine (C=N–C) groups is 1. The lowest BCUT2D eigenvalue weighted by atomic mass is 10.0. The largest absolute Gasteiger partial charge is 0.464 e. The molecule has 1 heterocycles. The molecule has 0 aliphatic carbocycles. The Kier molecular flexibility index (Phi) is 4.14. The molecule has 0 spiro atoms. The van der Waals surface area contributed by atoms with Crippen molar-refractivity contribution >= 4 is 17.5 Å².